The average Bonchev–Trinajstić information content (AvgIpc) is 2.41. The molecule has 2 aromatic rings. The topological polar surface area (TPSA) is 27.0 Å². The van der Waals surface area contributed by atoms with Crippen LogP contribution < -0.4 is 4.90 Å². The van der Waals surface area contributed by atoms with Crippen LogP contribution in [0.2, 0.25) is 5.02 Å². The molecule has 0 aliphatic rings. The first kappa shape index (κ1) is 13.5. The second-order valence-electron chi connectivity index (χ2n) is 4.61. The second-order valence-corrected chi connectivity index (χ2v) is 5.02. The molecule has 0 heterocycles. The fraction of sp³-hybridized carbons (Fsp3) is 0.188. The predicted octanol–water partition coefficient (Wildman–Crippen LogP) is 4.16. The molecule has 0 bridgehead atoms. The summed E-state index contributed by atoms with van der Waals surface area (Å²) in [6, 6.07) is 15.9. The van der Waals surface area contributed by atoms with Crippen molar-refractivity contribution in [2.75, 3.05) is 11.9 Å². The van der Waals surface area contributed by atoms with Crippen LogP contribution in [-0.4, -0.2) is 7.05 Å². The minimum Gasteiger partial charge on any atom is -0.370 e. The first-order valence-electron chi connectivity index (χ1n) is 6.06. The molecule has 0 aliphatic carbocycles. The number of benzene rings is 2. The Bertz CT molecular complexity index is 612. The van der Waals surface area contributed by atoms with E-state index in [0.717, 1.165) is 11.3 Å². The Kier molecular flexibility index (Phi) is 4.09. The molecule has 0 aliphatic heterocycles. The molecule has 19 heavy (non-hydrogen) atoms. The van der Waals surface area contributed by atoms with Gasteiger partial charge in [0.1, 0.15) is 0 Å². The smallest absolute Gasteiger partial charge is 0.0992 e. The number of hydrogen-bond donors (Lipinski definition) is 0. The van der Waals surface area contributed by atoms with Gasteiger partial charge in [0, 0.05) is 24.3 Å². The average molecular weight is 271 g/mol. The Labute approximate surface area is 118 Å². The maximum absolute atomic E-state index is 8.82. The Morgan fingerprint density at radius 1 is 1.16 bits per heavy atom. The first-order chi connectivity index (χ1) is 9.10. The van der Waals surface area contributed by atoms with Crippen molar-refractivity contribution in [2.45, 2.75) is 13.5 Å². The maximum Gasteiger partial charge on any atom is 0.0992 e. The molecule has 2 nitrogen and oxygen atoms in total. The zero-order valence-electron chi connectivity index (χ0n) is 11.0. The lowest BCUT2D eigenvalue weighted by molar-refractivity contribution is 0.922. The third-order valence-electron chi connectivity index (χ3n) is 3.06. The number of nitrogens with zero attached hydrogens (tertiary/aromatic N) is 2. The standard InChI is InChI=1S/C16H15ClN2/c1-12-3-7-15(8-4-12)19(2)11-14-6-5-13(10-18)9-16(14)17/h3-9H,11H2,1-2H3. The molecule has 0 spiro atoms. The van der Waals surface area contributed by atoms with Gasteiger partial charge in [0.15, 0.2) is 0 Å². The summed E-state index contributed by atoms with van der Waals surface area (Å²) in [6.45, 7) is 2.79. The van der Waals surface area contributed by atoms with E-state index in [1.165, 1.54) is 5.56 Å². The lowest BCUT2D eigenvalue weighted by Gasteiger charge is -2.20. The summed E-state index contributed by atoms with van der Waals surface area (Å²) in [5.41, 5.74) is 4.00. The van der Waals surface area contributed by atoms with Gasteiger partial charge in [0.2, 0.25) is 0 Å². The highest BCUT2D eigenvalue weighted by Crippen LogP contribution is 2.22. The molecule has 0 saturated heterocycles. The number of aryl methyl sites for hydroxylation is 1. The summed E-state index contributed by atoms with van der Waals surface area (Å²) in [4.78, 5) is 2.13. The molecule has 2 rings (SSSR count). The summed E-state index contributed by atoms with van der Waals surface area (Å²) in [5.74, 6) is 0. The van der Waals surface area contributed by atoms with E-state index in [4.69, 9.17) is 16.9 Å². The fourth-order valence-electron chi connectivity index (χ4n) is 1.89. The van der Waals surface area contributed by atoms with E-state index in [9.17, 15) is 0 Å². The van der Waals surface area contributed by atoms with E-state index >= 15 is 0 Å². The molecule has 2 aromatic carbocycles. The van der Waals surface area contributed by atoms with Crippen molar-refractivity contribution in [2.24, 2.45) is 0 Å². The maximum atomic E-state index is 8.82. The summed E-state index contributed by atoms with van der Waals surface area (Å²) in [7, 11) is 2.03. The van der Waals surface area contributed by atoms with Gasteiger partial charge >= 0.3 is 0 Å². The Hall–Kier alpha value is -1.98. The number of halogens is 1. The quantitative estimate of drug-likeness (QED) is 0.837. The SMILES string of the molecule is Cc1ccc(N(C)Cc2ccc(C#N)cc2Cl)cc1. The third-order valence-corrected chi connectivity index (χ3v) is 3.42. The van der Waals surface area contributed by atoms with E-state index in [-0.39, 0.29) is 0 Å². The van der Waals surface area contributed by atoms with Crippen LogP contribution in [0.4, 0.5) is 5.69 Å². The molecule has 0 amide bonds. The predicted molar refractivity (Wildman–Crippen MR) is 79.5 cm³/mol. The fourth-order valence-corrected chi connectivity index (χ4v) is 2.13. The molecule has 0 atom stereocenters. The number of nitriles is 1. The molecule has 0 N–H and O–H groups in total. The Morgan fingerprint density at radius 2 is 1.84 bits per heavy atom. The molecule has 3 heteroatoms. The molecular weight excluding hydrogens is 256 g/mol. The summed E-state index contributed by atoms with van der Waals surface area (Å²) in [5, 5.41) is 9.46. The van der Waals surface area contributed by atoms with Crippen LogP contribution in [0.25, 0.3) is 0 Å². The lowest BCUT2D eigenvalue weighted by atomic mass is 10.1. The van der Waals surface area contributed by atoms with Gasteiger partial charge in [-0.25, -0.2) is 0 Å². The zero-order chi connectivity index (χ0) is 13.8. The Balaban J connectivity index is 2.17. The van der Waals surface area contributed by atoms with Crippen LogP contribution in [0.15, 0.2) is 42.5 Å². The lowest BCUT2D eigenvalue weighted by Crippen LogP contribution is -2.16. The normalized spacial score (nSPS) is 10.0. The molecule has 0 saturated carbocycles. The third kappa shape index (κ3) is 3.27. The van der Waals surface area contributed by atoms with Crippen LogP contribution in [0.1, 0.15) is 16.7 Å². The first-order valence-corrected chi connectivity index (χ1v) is 6.44. The van der Waals surface area contributed by atoms with Crippen LogP contribution in [0.3, 0.4) is 0 Å². The van der Waals surface area contributed by atoms with Crippen LogP contribution in [0, 0.1) is 18.3 Å². The highest BCUT2D eigenvalue weighted by molar-refractivity contribution is 6.31. The number of rotatable bonds is 3. The summed E-state index contributed by atoms with van der Waals surface area (Å²) < 4.78 is 0. The van der Waals surface area contributed by atoms with Crippen LogP contribution in [-0.2, 0) is 6.54 Å². The van der Waals surface area contributed by atoms with E-state index in [1.807, 2.05) is 13.1 Å². The van der Waals surface area contributed by atoms with E-state index in [2.05, 4.69) is 42.2 Å². The van der Waals surface area contributed by atoms with Gasteiger partial charge in [-0.2, -0.15) is 5.26 Å². The number of anilines is 1. The molecule has 0 aromatic heterocycles. The molecule has 0 unspecified atom stereocenters. The molecule has 0 fully saturated rings. The highest BCUT2D eigenvalue weighted by Gasteiger charge is 2.06. The van der Waals surface area contributed by atoms with Gasteiger partial charge in [-0.05, 0) is 36.8 Å². The van der Waals surface area contributed by atoms with Crippen molar-refractivity contribution in [3.8, 4) is 6.07 Å². The summed E-state index contributed by atoms with van der Waals surface area (Å²) in [6.07, 6.45) is 0. The minimum atomic E-state index is 0.590. The van der Waals surface area contributed by atoms with Crippen molar-refractivity contribution in [1.29, 1.82) is 5.26 Å². The largest absolute Gasteiger partial charge is 0.370 e. The van der Waals surface area contributed by atoms with Crippen molar-refractivity contribution < 1.29 is 0 Å². The van der Waals surface area contributed by atoms with Gasteiger partial charge < -0.3 is 4.90 Å². The minimum absolute atomic E-state index is 0.590. The van der Waals surface area contributed by atoms with Crippen molar-refractivity contribution in [1.82, 2.24) is 0 Å². The van der Waals surface area contributed by atoms with Crippen molar-refractivity contribution >= 4 is 17.3 Å². The van der Waals surface area contributed by atoms with Gasteiger partial charge in [0.05, 0.1) is 11.6 Å². The van der Waals surface area contributed by atoms with Gasteiger partial charge in [0.25, 0.3) is 0 Å². The van der Waals surface area contributed by atoms with Crippen LogP contribution >= 0.6 is 11.6 Å². The monoisotopic (exact) mass is 270 g/mol. The molecule has 0 radical (unpaired) electrons. The van der Waals surface area contributed by atoms with Gasteiger partial charge in [-0.1, -0.05) is 35.4 Å². The second kappa shape index (κ2) is 5.77. The number of hydrogen-bond acceptors (Lipinski definition) is 2. The Morgan fingerprint density at radius 3 is 2.42 bits per heavy atom. The molecule has 96 valence electrons. The van der Waals surface area contributed by atoms with Crippen LogP contribution in [0.5, 0.6) is 0 Å². The molecular formula is C16H15ClN2. The van der Waals surface area contributed by atoms with E-state index in [1.54, 1.807) is 12.1 Å². The van der Waals surface area contributed by atoms with E-state index < -0.39 is 0 Å². The van der Waals surface area contributed by atoms with Crippen molar-refractivity contribution in [3.05, 3.63) is 64.2 Å². The zero-order valence-corrected chi connectivity index (χ0v) is 11.8. The van der Waals surface area contributed by atoms with Gasteiger partial charge in [-0.15, -0.1) is 0 Å². The highest BCUT2D eigenvalue weighted by atomic mass is 35.5. The summed E-state index contributed by atoms with van der Waals surface area (Å²) >= 11 is 6.19. The van der Waals surface area contributed by atoms with Gasteiger partial charge in [-0.3, -0.25) is 0 Å². The van der Waals surface area contributed by atoms with Crippen molar-refractivity contribution in [3.63, 3.8) is 0 Å². The van der Waals surface area contributed by atoms with E-state index in [0.29, 0.717) is 17.1 Å².